The van der Waals surface area contributed by atoms with Gasteiger partial charge in [-0.2, -0.15) is 0 Å². The second kappa shape index (κ2) is 5.66. The second-order valence-corrected chi connectivity index (χ2v) is 4.24. The summed E-state index contributed by atoms with van der Waals surface area (Å²) < 4.78 is 0. The van der Waals surface area contributed by atoms with E-state index in [1.807, 2.05) is 30.5 Å². The minimum Gasteiger partial charge on any atom is -0.261 e. The normalized spacial score (nSPS) is 10.3. The lowest BCUT2D eigenvalue weighted by molar-refractivity contribution is 0.799. The van der Waals surface area contributed by atoms with Crippen molar-refractivity contribution in [2.24, 2.45) is 0 Å². The van der Waals surface area contributed by atoms with E-state index in [1.54, 1.807) is 0 Å². The third-order valence-electron chi connectivity index (χ3n) is 2.54. The van der Waals surface area contributed by atoms with Crippen LogP contribution in [0.25, 0.3) is 0 Å². The SMILES string of the molecule is Clc1ccc(CCCc2ccccn2)cc1. The highest BCUT2D eigenvalue weighted by Crippen LogP contribution is 2.11. The lowest BCUT2D eigenvalue weighted by Crippen LogP contribution is -1.92. The molecule has 0 atom stereocenters. The minimum absolute atomic E-state index is 0.800. The highest BCUT2D eigenvalue weighted by molar-refractivity contribution is 6.30. The number of aromatic nitrogens is 1. The van der Waals surface area contributed by atoms with Gasteiger partial charge in [-0.15, -0.1) is 0 Å². The van der Waals surface area contributed by atoms with E-state index in [2.05, 4.69) is 23.2 Å². The van der Waals surface area contributed by atoms with E-state index in [9.17, 15) is 0 Å². The van der Waals surface area contributed by atoms with Gasteiger partial charge < -0.3 is 0 Å². The first kappa shape index (κ1) is 11.2. The van der Waals surface area contributed by atoms with Crippen LogP contribution in [0.15, 0.2) is 48.7 Å². The molecule has 1 heterocycles. The fourth-order valence-corrected chi connectivity index (χ4v) is 1.80. The lowest BCUT2D eigenvalue weighted by atomic mass is 10.1. The van der Waals surface area contributed by atoms with Crippen molar-refractivity contribution >= 4 is 11.6 Å². The van der Waals surface area contributed by atoms with Gasteiger partial charge in [0.1, 0.15) is 0 Å². The molecule has 1 aromatic heterocycles. The number of hydrogen-bond acceptors (Lipinski definition) is 1. The highest BCUT2D eigenvalue weighted by Gasteiger charge is 1.96. The van der Waals surface area contributed by atoms with Crippen molar-refractivity contribution in [3.05, 3.63) is 64.9 Å². The Labute approximate surface area is 101 Å². The largest absolute Gasteiger partial charge is 0.261 e. The van der Waals surface area contributed by atoms with Gasteiger partial charge >= 0.3 is 0 Å². The maximum atomic E-state index is 5.83. The van der Waals surface area contributed by atoms with E-state index in [1.165, 1.54) is 5.56 Å². The van der Waals surface area contributed by atoms with Crippen LogP contribution in [0.5, 0.6) is 0 Å². The van der Waals surface area contributed by atoms with Crippen molar-refractivity contribution in [2.75, 3.05) is 0 Å². The molecule has 0 spiro atoms. The molecule has 1 nitrogen and oxygen atoms in total. The summed E-state index contributed by atoms with van der Waals surface area (Å²) in [5, 5.41) is 0.800. The molecule has 2 heteroatoms. The van der Waals surface area contributed by atoms with E-state index in [0.29, 0.717) is 0 Å². The van der Waals surface area contributed by atoms with Crippen LogP contribution in [0.4, 0.5) is 0 Å². The molecule has 0 radical (unpaired) electrons. The van der Waals surface area contributed by atoms with Gasteiger partial charge in [0.2, 0.25) is 0 Å². The summed E-state index contributed by atoms with van der Waals surface area (Å²) in [5.41, 5.74) is 2.50. The number of benzene rings is 1. The summed E-state index contributed by atoms with van der Waals surface area (Å²) >= 11 is 5.83. The Morgan fingerprint density at radius 3 is 2.44 bits per heavy atom. The van der Waals surface area contributed by atoms with Crippen molar-refractivity contribution in [1.29, 1.82) is 0 Å². The van der Waals surface area contributed by atoms with E-state index >= 15 is 0 Å². The first-order valence-electron chi connectivity index (χ1n) is 5.49. The van der Waals surface area contributed by atoms with Crippen molar-refractivity contribution < 1.29 is 0 Å². The molecule has 0 aliphatic heterocycles. The number of aryl methyl sites for hydroxylation is 2. The van der Waals surface area contributed by atoms with Crippen LogP contribution < -0.4 is 0 Å². The first-order valence-corrected chi connectivity index (χ1v) is 5.87. The van der Waals surface area contributed by atoms with Crippen LogP contribution in [-0.4, -0.2) is 4.98 Å². The van der Waals surface area contributed by atoms with E-state index in [-0.39, 0.29) is 0 Å². The summed E-state index contributed by atoms with van der Waals surface area (Å²) in [4.78, 5) is 4.30. The van der Waals surface area contributed by atoms with Crippen LogP contribution in [0.3, 0.4) is 0 Å². The first-order chi connectivity index (χ1) is 7.84. The molecule has 16 heavy (non-hydrogen) atoms. The minimum atomic E-state index is 0.800. The standard InChI is InChI=1S/C14H14ClN/c15-13-9-7-12(8-10-13)4-3-6-14-5-1-2-11-16-14/h1-2,5,7-11H,3-4,6H2. The van der Waals surface area contributed by atoms with Crippen molar-refractivity contribution in [2.45, 2.75) is 19.3 Å². The summed E-state index contributed by atoms with van der Waals surface area (Å²) in [6.45, 7) is 0. The molecule has 0 amide bonds. The molecule has 0 unspecified atom stereocenters. The molecule has 0 aliphatic rings. The zero-order chi connectivity index (χ0) is 11.2. The zero-order valence-electron chi connectivity index (χ0n) is 9.07. The number of rotatable bonds is 4. The average Bonchev–Trinajstić information content (AvgIpc) is 2.33. The number of halogens is 1. The molecule has 2 rings (SSSR count). The molecule has 2 aromatic rings. The Balaban J connectivity index is 1.82. The molecule has 82 valence electrons. The van der Waals surface area contributed by atoms with Crippen molar-refractivity contribution in [3.8, 4) is 0 Å². The van der Waals surface area contributed by atoms with Gasteiger partial charge in [-0.05, 0) is 49.1 Å². The van der Waals surface area contributed by atoms with Gasteiger partial charge in [0, 0.05) is 16.9 Å². The highest BCUT2D eigenvalue weighted by atomic mass is 35.5. The summed E-state index contributed by atoms with van der Waals surface area (Å²) in [6.07, 6.45) is 5.08. The molecular formula is C14H14ClN. The fraction of sp³-hybridized carbons (Fsp3) is 0.214. The Morgan fingerprint density at radius 1 is 0.938 bits per heavy atom. The Morgan fingerprint density at radius 2 is 1.75 bits per heavy atom. The van der Waals surface area contributed by atoms with Crippen molar-refractivity contribution in [3.63, 3.8) is 0 Å². The monoisotopic (exact) mass is 231 g/mol. The third kappa shape index (κ3) is 3.35. The average molecular weight is 232 g/mol. The maximum absolute atomic E-state index is 5.83. The van der Waals surface area contributed by atoms with Gasteiger partial charge in [0.25, 0.3) is 0 Å². The molecule has 0 fully saturated rings. The topological polar surface area (TPSA) is 12.9 Å². The Kier molecular flexibility index (Phi) is 3.95. The van der Waals surface area contributed by atoms with Crippen LogP contribution >= 0.6 is 11.6 Å². The number of hydrogen-bond donors (Lipinski definition) is 0. The second-order valence-electron chi connectivity index (χ2n) is 3.80. The van der Waals surface area contributed by atoms with Gasteiger partial charge in [0.15, 0.2) is 0 Å². The molecule has 0 saturated heterocycles. The van der Waals surface area contributed by atoms with Crippen LogP contribution in [0.2, 0.25) is 5.02 Å². The summed E-state index contributed by atoms with van der Waals surface area (Å²) in [6, 6.07) is 14.1. The molecule has 0 bridgehead atoms. The van der Waals surface area contributed by atoms with E-state index in [4.69, 9.17) is 11.6 Å². The number of nitrogens with zero attached hydrogens (tertiary/aromatic N) is 1. The van der Waals surface area contributed by atoms with E-state index in [0.717, 1.165) is 30.0 Å². The van der Waals surface area contributed by atoms with Gasteiger partial charge in [0.05, 0.1) is 0 Å². The van der Waals surface area contributed by atoms with Crippen LogP contribution in [0, 0.1) is 0 Å². The Hall–Kier alpha value is -1.34. The third-order valence-corrected chi connectivity index (χ3v) is 2.79. The van der Waals surface area contributed by atoms with Gasteiger partial charge in [-0.25, -0.2) is 0 Å². The van der Waals surface area contributed by atoms with Gasteiger partial charge in [-0.1, -0.05) is 29.8 Å². The summed E-state index contributed by atoms with van der Waals surface area (Å²) in [7, 11) is 0. The van der Waals surface area contributed by atoms with Crippen molar-refractivity contribution in [1.82, 2.24) is 4.98 Å². The zero-order valence-corrected chi connectivity index (χ0v) is 9.82. The maximum Gasteiger partial charge on any atom is 0.0406 e. The van der Waals surface area contributed by atoms with Crippen LogP contribution in [0.1, 0.15) is 17.7 Å². The molecule has 0 aliphatic carbocycles. The number of pyridine rings is 1. The Bertz CT molecular complexity index is 422. The van der Waals surface area contributed by atoms with Gasteiger partial charge in [-0.3, -0.25) is 4.98 Å². The predicted molar refractivity (Wildman–Crippen MR) is 67.7 cm³/mol. The smallest absolute Gasteiger partial charge is 0.0406 e. The quantitative estimate of drug-likeness (QED) is 0.778. The molecular weight excluding hydrogens is 218 g/mol. The summed E-state index contributed by atoms with van der Waals surface area (Å²) in [5.74, 6) is 0. The lowest BCUT2D eigenvalue weighted by Gasteiger charge is -2.01. The molecule has 0 N–H and O–H groups in total. The fourth-order valence-electron chi connectivity index (χ4n) is 1.67. The molecule has 0 saturated carbocycles. The predicted octanol–water partition coefficient (Wildman–Crippen LogP) is 3.91. The molecule has 1 aromatic carbocycles. The van der Waals surface area contributed by atoms with Crippen LogP contribution in [-0.2, 0) is 12.8 Å². The van der Waals surface area contributed by atoms with E-state index < -0.39 is 0 Å².